The molecule has 0 saturated heterocycles. The topological polar surface area (TPSA) is 112 Å². The molecule has 5 heterocycles. The Morgan fingerprint density at radius 3 is 1.44 bits per heavy atom. The molecule has 55 heavy (non-hydrogen) atoms. The molecule has 8 bridgehead atoms. The zero-order valence-electron chi connectivity index (χ0n) is 29.3. The number of rotatable bonds is 5. The lowest BCUT2D eigenvalue weighted by Crippen LogP contribution is -1.98. The number of benzene rings is 4. The van der Waals surface area contributed by atoms with Crippen molar-refractivity contribution in [2.75, 3.05) is 0 Å². The molecule has 3 aliphatic rings. The molecule has 7 nitrogen and oxygen atoms in total. The molecule has 272 valence electrons. The number of H-pyrrole nitrogens is 2. The van der Waals surface area contributed by atoms with Gasteiger partial charge in [0.2, 0.25) is 0 Å². The summed E-state index contributed by atoms with van der Waals surface area (Å²) >= 11 is 13.7. The molecule has 4 aromatic carbocycles. The van der Waals surface area contributed by atoms with Crippen LogP contribution in [-0.4, -0.2) is 32.9 Å². The van der Waals surface area contributed by atoms with Crippen molar-refractivity contribution < 1.29 is 13.0 Å². The molecule has 6 aromatic rings. The van der Waals surface area contributed by atoms with E-state index in [1.165, 1.54) is 12.1 Å². The predicted molar refractivity (Wildman–Crippen MR) is 229 cm³/mol. The van der Waals surface area contributed by atoms with Gasteiger partial charge in [-0.3, -0.25) is 9.54 Å². The Kier molecular flexibility index (Phi) is 9.22. The summed E-state index contributed by atoms with van der Waals surface area (Å²) in [6.45, 7) is 0. The van der Waals surface area contributed by atoms with Crippen LogP contribution in [0.3, 0.4) is 0 Å². The van der Waals surface area contributed by atoms with Crippen LogP contribution in [0.2, 0.25) is 0 Å². The predicted octanol–water partition coefficient (Wildman–Crippen LogP) is 10.6. The lowest BCUT2D eigenvalue weighted by molar-refractivity contribution is 0.483. The molecule has 11 heteroatoms. The van der Waals surface area contributed by atoms with Crippen LogP contribution >= 0.6 is 37.9 Å². The lowest BCUT2D eigenvalue weighted by atomic mass is 9.98. The molecular weight excluding hydrogens is 761 g/mol. The number of aromatic nitrogens is 4. The first kappa shape index (κ1) is 35.6. The third kappa shape index (κ3) is 6.91. The molecule has 0 saturated carbocycles. The second-order valence-corrected chi connectivity index (χ2v) is 16.7. The van der Waals surface area contributed by atoms with E-state index in [4.69, 9.17) is 9.97 Å². The maximum absolute atomic E-state index is 12.0. The van der Waals surface area contributed by atoms with Gasteiger partial charge in [0.05, 0.1) is 27.7 Å². The number of hydrogen-bond acceptors (Lipinski definition) is 7. The van der Waals surface area contributed by atoms with E-state index >= 15 is 0 Å². The fourth-order valence-corrected chi connectivity index (χ4v) is 8.65. The van der Waals surface area contributed by atoms with Crippen LogP contribution in [0.25, 0.3) is 67.7 Å². The van der Waals surface area contributed by atoms with Crippen molar-refractivity contribution in [1.82, 2.24) is 19.9 Å². The van der Waals surface area contributed by atoms with Crippen molar-refractivity contribution in [2.45, 2.75) is 45.3 Å². The number of aromatic amines is 2. The third-order valence-corrected chi connectivity index (χ3v) is 12.0. The van der Waals surface area contributed by atoms with Crippen molar-refractivity contribution in [3.63, 3.8) is 0 Å². The maximum atomic E-state index is 12.0. The molecule has 0 fully saturated rings. The van der Waals surface area contributed by atoms with Crippen molar-refractivity contribution in [2.24, 2.45) is 0 Å². The fraction of sp³-hybridized carbons (Fsp3) is 0.0909. The van der Waals surface area contributed by atoms with Crippen LogP contribution in [0, 0.1) is 0 Å². The van der Waals surface area contributed by atoms with Gasteiger partial charge >= 0.3 is 0 Å². The number of nitrogens with one attached hydrogen (secondary N) is 2. The number of thiol groups is 3. The van der Waals surface area contributed by atoms with E-state index in [1.807, 2.05) is 36.4 Å². The van der Waals surface area contributed by atoms with E-state index in [-0.39, 0.29) is 4.90 Å². The first-order valence-electron chi connectivity index (χ1n) is 17.8. The van der Waals surface area contributed by atoms with Gasteiger partial charge in [0.25, 0.3) is 10.1 Å². The van der Waals surface area contributed by atoms with E-state index in [2.05, 4.69) is 109 Å². The highest BCUT2D eigenvalue weighted by Crippen LogP contribution is 2.39. The SMILES string of the molecule is O=S(=O)(O)c1ccc(-c2c3nc(c(-c4ccc(S)cc4)c4ccc([nH]4)c(-c4ccc(S)cc4)c4nc(c(-c5ccc(S)cc5)c5[nH]c2CC5)C=C4)CC3)cc1. The average molecular weight is 795 g/mol. The summed E-state index contributed by atoms with van der Waals surface area (Å²) in [4.78, 5) is 20.8. The van der Waals surface area contributed by atoms with Crippen LogP contribution in [0.1, 0.15) is 34.2 Å². The number of hydrogen-bond donors (Lipinski definition) is 6. The van der Waals surface area contributed by atoms with Gasteiger partial charge in [-0.1, -0.05) is 48.5 Å². The van der Waals surface area contributed by atoms with Gasteiger partial charge in [0.15, 0.2) is 0 Å². The van der Waals surface area contributed by atoms with E-state index in [0.29, 0.717) is 19.3 Å². The summed E-state index contributed by atoms with van der Waals surface area (Å²) < 4.78 is 33.8. The Bertz CT molecular complexity index is 2840. The van der Waals surface area contributed by atoms with Gasteiger partial charge in [0, 0.05) is 59.4 Å². The van der Waals surface area contributed by atoms with Gasteiger partial charge < -0.3 is 9.97 Å². The van der Waals surface area contributed by atoms with E-state index in [9.17, 15) is 13.0 Å². The molecule has 2 aromatic heterocycles. The van der Waals surface area contributed by atoms with Crippen molar-refractivity contribution in [3.05, 3.63) is 143 Å². The Morgan fingerprint density at radius 2 is 0.891 bits per heavy atom. The van der Waals surface area contributed by atoms with Gasteiger partial charge in [-0.25, -0.2) is 4.98 Å². The van der Waals surface area contributed by atoms with Crippen molar-refractivity contribution >= 4 is 71.2 Å². The highest BCUT2D eigenvalue weighted by Gasteiger charge is 2.24. The molecule has 9 rings (SSSR count). The summed E-state index contributed by atoms with van der Waals surface area (Å²) in [6.07, 6.45) is 6.95. The van der Waals surface area contributed by atoms with Crippen LogP contribution in [0.4, 0.5) is 0 Å². The summed E-state index contributed by atoms with van der Waals surface area (Å²) in [6, 6.07) is 35.0. The van der Waals surface area contributed by atoms with Gasteiger partial charge in [-0.15, -0.1) is 37.9 Å². The second-order valence-electron chi connectivity index (χ2n) is 13.7. The smallest absolute Gasteiger partial charge is 0.294 e. The second kappa shape index (κ2) is 14.2. The van der Waals surface area contributed by atoms with Crippen LogP contribution in [-0.2, 0) is 35.8 Å². The molecule has 0 aliphatic carbocycles. The van der Waals surface area contributed by atoms with Gasteiger partial charge in [-0.2, -0.15) is 8.42 Å². The summed E-state index contributed by atoms with van der Waals surface area (Å²) in [5.74, 6) is 0. The Hall–Kier alpha value is -5.04. The van der Waals surface area contributed by atoms with E-state index in [1.54, 1.807) is 12.1 Å². The molecule has 0 spiro atoms. The van der Waals surface area contributed by atoms with Crippen LogP contribution < -0.4 is 0 Å². The monoisotopic (exact) mass is 794 g/mol. The zero-order chi connectivity index (χ0) is 37.8. The van der Waals surface area contributed by atoms with E-state index in [0.717, 1.165) is 111 Å². The maximum Gasteiger partial charge on any atom is 0.294 e. The molecular formula is C44H34N4O3S4. The Morgan fingerprint density at radius 1 is 0.473 bits per heavy atom. The first-order chi connectivity index (χ1) is 26.6. The van der Waals surface area contributed by atoms with Crippen molar-refractivity contribution in [3.8, 4) is 44.5 Å². The minimum Gasteiger partial charge on any atom is -0.361 e. The minimum absolute atomic E-state index is 0.160. The quantitative estimate of drug-likeness (QED) is 0.0768. The standard InChI is InChI=1S/C44H34N4O3S4/c49-55(50,51)32-15-7-28(8-16-32)44-39-23-21-37(47-39)42(26-3-11-30(53)12-4-26)35-19-17-33(45-35)41(25-1-9-29(52)10-2-25)34-18-20-36(46-34)43(38-22-24-40(44)48-38)27-5-13-31(54)14-6-27/h1-20,45,48,52-54H,21-24H2,(H,49,50,51). The van der Waals surface area contributed by atoms with Gasteiger partial charge in [0.1, 0.15) is 0 Å². The lowest BCUT2D eigenvalue weighted by Gasteiger charge is -2.09. The number of nitrogens with zero attached hydrogens (tertiary/aromatic N) is 2. The molecule has 0 unspecified atom stereocenters. The summed E-state index contributed by atoms with van der Waals surface area (Å²) in [5.41, 5.74) is 15.0. The Balaban J connectivity index is 1.44. The molecule has 3 N–H and O–H groups in total. The van der Waals surface area contributed by atoms with Gasteiger partial charge in [-0.05, 0) is 121 Å². The van der Waals surface area contributed by atoms with Crippen molar-refractivity contribution in [1.29, 1.82) is 0 Å². The Labute approximate surface area is 335 Å². The van der Waals surface area contributed by atoms with Crippen LogP contribution in [0.5, 0.6) is 0 Å². The minimum atomic E-state index is -4.37. The normalized spacial score (nSPS) is 13.2. The van der Waals surface area contributed by atoms with E-state index < -0.39 is 10.1 Å². The molecule has 0 atom stereocenters. The summed E-state index contributed by atoms with van der Waals surface area (Å²) in [7, 11) is -4.37. The summed E-state index contributed by atoms with van der Waals surface area (Å²) in [5, 5.41) is 0. The number of aryl methyl sites for hydroxylation is 4. The first-order valence-corrected chi connectivity index (χ1v) is 20.6. The zero-order valence-corrected chi connectivity index (χ0v) is 32.8. The highest BCUT2D eigenvalue weighted by atomic mass is 32.2. The molecule has 0 radical (unpaired) electrons. The molecule has 0 amide bonds. The third-order valence-electron chi connectivity index (χ3n) is 10.3. The van der Waals surface area contributed by atoms with Crippen LogP contribution in [0.15, 0.2) is 129 Å². The number of fused-ring (bicyclic) bond motifs is 8. The average Bonchev–Trinajstić information content (AvgIpc) is 4.01. The largest absolute Gasteiger partial charge is 0.361 e. The molecule has 3 aliphatic heterocycles. The highest BCUT2D eigenvalue weighted by molar-refractivity contribution is 7.85. The fourth-order valence-electron chi connectivity index (χ4n) is 7.72.